The highest BCUT2D eigenvalue weighted by atomic mass is 32.1. The number of likely N-dealkylation sites (N-methyl/N-ethyl adjacent to an activating group) is 1. The number of carbonyl (C=O) groups excluding carboxylic acids is 4. The van der Waals surface area contributed by atoms with Gasteiger partial charge >= 0.3 is 0 Å². The number of thiazole rings is 1. The molecule has 2 aromatic heterocycles. The van der Waals surface area contributed by atoms with E-state index in [0.29, 0.717) is 33.3 Å². The molecule has 47 heavy (non-hydrogen) atoms. The lowest BCUT2D eigenvalue weighted by molar-refractivity contribution is -0.129. The van der Waals surface area contributed by atoms with Crippen LogP contribution < -0.4 is 26.8 Å². The molecule has 4 bridgehead atoms. The van der Waals surface area contributed by atoms with Crippen molar-refractivity contribution in [1.29, 1.82) is 0 Å². The van der Waals surface area contributed by atoms with E-state index in [9.17, 15) is 29.1 Å². The van der Waals surface area contributed by atoms with E-state index in [0.717, 1.165) is 17.9 Å². The van der Waals surface area contributed by atoms with Gasteiger partial charge in [-0.15, -0.1) is 11.3 Å². The number of rotatable bonds is 12. The average molecular weight is 661 g/mol. The summed E-state index contributed by atoms with van der Waals surface area (Å²) in [5.74, 6) is 0.413. The number of nitrogens with zero attached hydrogens (tertiary/aromatic N) is 2. The summed E-state index contributed by atoms with van der Waals surface area (Å²) in [4.78, 5) is 70.1. The van der Waals surface area contributed by atoms with Crippen LogP contribution in [0.15, 0.2) is 53.5 Å². The number of aliphatic hydroxyl groups excluding tert-OH is 1. The number of hydrogen-bond donors (Lipinski definition) is 5. The van der Waals surface area contributed by atoms with Gasteiger partial charge in [-0.2, -0.15) is 0 Å². The monoisotopic (exact) mass is 660 g/mol. The van der Waals surface area contributed by atoms with E-state index in [1.807, 2.05) is 30.3 Å². The molecule has 4 aliphatic carbocycles. The van der Waals surface area contributed by atoms with Crippen molar-refractivity contribution in [2.45, 2.75) is 70.2 Å². The third-order valence-electron chi connectivity index (χ3n) is 9.90. The van der Waals surface area contributed by atoms with Gasteiger partial charge in [0.05, 0.1) is 5.69 Å². The highest BCUT2D eigenvalue weighted by Crippen LogP contribution is 2.58. The van der Waals surface area contributed by atoms with Gasteiger partial charge in [0.2, 0.25) is 17.7 Å². The molecule has 4 fully saturated rings. The molecule has 13 heteroatoms. The van der Waals surface area contributed by atoms with Gasteiger partial charge in [-0.3, -0.25) is 24.0 Å². The molecule has 0 spiro atoms. The van der Waals surface area contributed by atoms with Crippen molar-refractivity contribution in [2.75, 3.05) is 12.4 Å². The number of hydrogen-bond acceptors (Lipinski definition) is 8. The summed E-state index contributed by atoms with van der Waals surface area (Å²) in [5, 5.41) is 21.7. The molecule has 248 valence electrons. The average Bonchev–Trinajstić information content (AvgIpc) is 3.67. The zero-order chi connectivity index (χ0) is 33.2. The number of benzene rings is 1. The quantitative estimate of drug-likeness (QED) is 0.199. The Labute approximate surface area is 276 Å². The maximum Gasteiger partial charge on any atom is 0.274 e. The molecule has 0 radical (unpaired) electrons. The number of aromatic nitrogens is 2. The number of amides is 4. The summed E-state index contributed by atoms with van der Waals surface area (Å²) in [6.45, 7) is 1.52. The smallest absolute Gasteiger partial charge is 0.274 e. The molecule has 4 aliphatic rings. The molecule has 6 unspecified atom stereocenters. The topological polar surface area (TPSA) is 172 Å². The summed E-state index contributed by atoms with van der Waals surface area (Å²) >= 11 is 1.18. The second-order valence-electron chi connectivity index (χ2n) is 13.0. The number of nitrogens with one attached hydrogen (secondary N) is 4. The van der Waals surface area contributed by atoms with Gasteiger partial charge in [0.15, 0.2) is 0 Å². The van der Waals surface area contributed by atoms with Crippen LogP contribution in [0.5, 0.6) is 0 Å². The highest BCUT2D eigenvalue weighted by molar-refractivity contribution is 7.17. The van der Waals surface area contributed by atoms with Crippen LogP contribution in [0.25, 0.3) is 10.6 Å². The Balaban J connectivity index is 1.14. The van der Waals surface area contributed by atoms with Gasteiger partial charge < -0.3 is 30.9 Å². The summed E-state index contributed by atoms with van der Waals surface area (Å²) in [6.07, 6.45) is 4.64. The zero-order valence-electron chi connectivity index (χ0n) is 26.4. The van der Waals surface area contributed by atoms with Crippen LogP contribution in [0.3, 0.4) is 0 Å². The molecular weight excluding hydrogens is 620 g/mol. The second-order valence-corrected chi connectivity index (χ2v) is 14.0. The minimum atomic E-state index is -1.40. The predicted molar refractivity (Wildman–Crippen MR) is 177 cm³/mol. The molecule has 3 aromatic rings. The van der Waals surface area contributed by atoms with Crippen molar-refractivity contribution >= 4 is 40.7 Å². The lowest BCUT2D eigenvalue weighted by Crippen LogP contribution is -2.46. The zero-order valence-corrected chi connectivity index (χ0v) is 27.2. The fraction of sp³-hybridized carbons (Fsp3) is 0.471. The van der Waals surface area contributed by atoms with E-state index in [1.54, 1.807) is 13.0 Å². The Bertz CT molecular complexity index is 1720. The maximum absolute atomic E-state index is 13.6. The lowest BCUT2D eigenvalue weighted by atomic mass is 9.79. The third kappa shape index (κ3) is 7.01. The van der Waals surface area contributed by atoms with Gasteiger partial charge in [-0.25, -0.2) is 4.98 Å². The van der Waals surface area contributed by atoms with Crippen molar-refractivity contribution in [2.24, 2.45) is 23.7 Å². The summed E-state index contributed by atoms with van der Waals surface area (Å²) < 4.78 is 1.25. The minimum Gasteiger partial charge on any atom is -0.383 e. The van der Waals surface area contributed by atoms with Crippen LogP contribution >= 0.6 is 11.3 Å². The van der Waals surface area contributed by atoms with Crippen molar-refractivity contribution in [3.05, 3.63) is 69.6 Å². The van der Waals surface area contributed by atoms with E-state index in [2.05, 4.69) is 26.3 Å². The third-order valence-corrected chi connectivity index (χ3v) is 11.1. The summed E-state index contributed by atoms with van der Waals surface area (Å²) in [7, 11) is 1.39. The molecule has 0 saturated heterocycles. The van der Waals surface area contributed by atoms with Gasteiger partial charge in [-0.1, -0.05) is 30.3 Å². The Morgan fingerprint density at radius 3 is 2.51 bits per heavy atom. The SMILES string of the molecule is CNC(=O)C(O)CC[C@H](NC(=O)c1sc(-c2ccccc2)nc1C)C(=O)Nc1cccn(CC(=O)NC2C3CC4CC(C3)C2C4)c1=O. The fourth-order valence-electron chi connectivity index (χ4n) is 7.75. The number of aryl methyl sites for hydroxylation is 1. The van der Waals surface area contributed by atoms with Crippen LogP contribution in [-0.2, 0) is 20.9 Å². The van der Waals surface area contributed by atoms with Crippen LogP contribution in [0.1, 0.15) is 53.9 Å². The summed E-state index contributed by atoms with van der Waals surface area (Å²) in [5.41, 5.74) is 0.707. The van der Waals surface area contributed by atoms with Crippen LogP contribution in [-0.4, -0.2) is 63.5 Å². The first-order valence-corrected chi connectivity index (χ1v) is 17.0. The number of pyridine rings is 1. The van der Waals surface area contributed by atoms with Gasteiger partial charge in [0.25, 0.3) is 11.5 Å². The Kier molecular flexibility index (Phi) is 9.55. The largest absolute Gasteiger partial charge is 0.383 e. The minimum absolute atomic E-state index is 0.0599. The first-order valence-electron chi connectivity index (χ1n) is 16.1. The maximum atomic E-state index is 13.6. The highest BCUT2D eigenvalue weighted by Gasteiger charge is 2.54. The molecule has 4 amide bonds. The van der Waals surface area contributed by atoms with E-state index in [-0.39, 0.29) is 37.0 Å². The van der Waals surface area contributed by atoms with Crippen molar-refractivity contribution in [3.8, 4) is 10.6 Å². The first-order chi connectivity index (χ1) is 22.6. The van der Waals surface area contributed by atoms with Crippen LogP contribution in [0.2, 0.25) is 0 Å². The van der Waals surface area contributed by atoms with E-state index < -0.39 is 35.4 Å². The molecule has 7 rings (SSSR count). The van der Waals surface area contributed by atoms with Gasteiger partial charge in [0.1, 0.15) is 34.3 Å². The van der Waals surface area contributed by atoms with Gasteiger partial charge in [0, 0.05) is 24.8 Å². The van der Waals surface area contributed by atoms with Gasteiger partial charge in [-0.05, 0) is 81.3 Å². The van der Waals surface area contributed by atoms with E-state index >= 15 is 0 Å². The Hall–Kier alpha value is -4.36. The molecule has 4 saturated carbocycles. The van der Waals surface area contributed by atoms with Crippen molar-refractivity contribution < 1.29 is 24.3 Å². The molecule has 5 N–H and O–H groups in total. The Morgan fingerprint density at radius 1 is 1.00 bits per heavy atom. The Morgan fingerprint density at radius 2 is 1.77 bits per heavy atom. The van der Waals surface area contributed by atoms with E-state index in [1.165, 1.54) is 54.5 Å². The van der Waals surface area contributed by atoms with Crippen molar-refractivity contribution in [3.63, 3.8) is 0 Å². The first kappa shape index (κ1) is 32.6. The molecule has 12 nitrogen and oxygen atoms in total. The van der Waals surface area contributed by atoms with Crippen LogP contribution in [0, 0.1) is 30.6 Å². The predicted octanol–water partition coefficient (Wildman–Crippen LogP) is 2.46. The summed E-state index contributed by atoms with van der Waals surface area (Å²) in [6, 6.07) is 11.3. The van der Waals surface area contributed by atoms with Crippen molar-refractivity contribution in [1.82, 2.24) is 25.5 Å². The standard InChI is InChI=1S/C34H40N6O6S/c1-18-29(47-33(36-18)20-7-4-3-5-8-20)32(45)37-24(10-11-26(41)31(44)35-2)30(43)38-25-9-6-12-40(34(25)46)17-27(42)39-28-22-14-19-13-21(16-22)23(28)15-19/h3-9,12,19,21-24,26,28,41H,10-11,13-17H2,1-2H3,(H,35,44)(H,37,45)(H,38,43)(H,39,42)/t19?,21?,22?,23?,24-,26?,28?/m0/s1. The molecule has 1 aromatic carbocycles. The second kappa shape index (κ2) is 13.8. The number of carbonyl (C=O) groups is 4. The number of anilines is 1. The van der Waals surface area contributed by atoms with Crippen LogP contribution in [0.4, 0.5) is 5.69 Å². The molecular formula is C34H40N6O6S. The van der Waals surface area contributed by atoms with E-state index in [4.69, 9.17) is 0 Å². The molecule has 2 heterocycles. The normalized spacial score (nSPS) is 23.6. The fourth-order valence-corrected chi connectivity index (χ4v) is 8.72. The number of aliphatic hydroxyl groups is 1. The lowest BCUT2D eigenvalue weighted by Gasteiger charge is -2.32. The molecule has 7 atom stereocenters. The molecule has 0 aliphatic heterocycles.